The van der Waals surface area contributed by atoms with Gasteiger partial charge in [-0.2, -0.15) is 0 Å². The second kappa shape index (κ2) is 3.47. The largest absolute Gasteiger partial charge is 0.372 e. The number of nitrogens with zero attached hydrogens (tertiary/aromatic N) is 2. The normalized spacial score (nSPS) is 36.6. The summed E-state index contributed by atoms with van der Waals surface area (Å²) in [5, 5.41) is 0. The van der Waals surface area contributed by atoms with E-state index in [0.717, 1.165) is 13.2 Å². The van der Waals surface area contributed by atoms with E-state index in [2.05, 4.69) is 37.7 Å². The number of ether oxygens (including phenoxy) is 1. The summed E-state index contributed by atoms with van der Waals surface area (Å²) < 4.78 is 5.26. The van der Waals surface area contributed by atoms with Crippen LogP contribution in [0.4, 0.5) is 0 Å². The van der Waals surface area contributed by atoms with Gasteiger partial charge in [-0.15, -0.1) is 0 Å². The molecule has 0 radical (unpaired) electrons. The number of likely N-dealkylation sites (N-methyl/N-ethyl adjacent to an activating group) is 2. The molecule has 0 bridgehead atoms. The van der Waals surface area contributed by atoms with Gasteiger partial charge in [-0.05, 0) is 34.4 Å². The summed E-state index contributed by atoms with van der Waals surface area (Å²) in [7, 11) is 4.45. The molecule has 2 heterocycles. The highest BCUT2D eigenvalue weighted by Crippen LogP contribution is 2.29. The molecule has 2 fully saturated rings. The summed E-state index contributed by atoms with van der Waals surface area (Å²) in [6.45, 7) is 7.92. The average Bonchev–Trinajstić information content (AvgIpc) is 2.81. The molecular formula is C11H22N2O. The van der Waals surface area contributed by atoms with E-state index < -0.39 is 0 Å². The van der Waals surface area contributed by atoms with Gasteiger partial charge in [0, 0.05) is 24.7 Å². The van der Waals surface area contributed by atoms with Crippen molar-refractivity contribution >= 4 is 0 Å². The molecule has 0 saturated carbocycles. The topological polar surface area (TPSA) is 19.0 Å². The summed E-state index contributed by atoms with van der Waals surface area (Å²) in [6, 6.07) is 0.708. The molecule has 2 aliphatic heterocycles. The van der Waals surface area contributed by atoms with Gasteiger partial charge in [-0.1, -0.05) is 0 Å². The maximum absolute atomic E-state index is 5.26. The van der Waals surface area contributed by atoms with Crippen molar-refractivity contribution in [1.82, 2.24) is 9.80 Å². The van der Waals surface area contributed by atoms with E-state index in [0.29, 0.717) is 17.7 Å². The van der Waals surface area contributed by atoms with E-state index in [1.807, 2.05) is 0 Å². The molecule has 3 nitrogen and oxygen atoms in total. The Balaban J connectivity index is 1.86. The summed E-state index contributed by atoms with van der Waals surface area (Å²) in [6.07, 6.45) is 1.79. The monoisotopic (exact) mass is 198 g/mol. The molecule has 0 amide bonds. The first-order chi connectivity index (χ1) is 6.49. The van der Waals surface area contributed by atoms with Crippen molar-refractivity contribution in [3.63, 3.8) is 0 Å². The lowest BCUT2D eigenvalue weighted by molar-refractivity contribution is 0.212. The minimum Gasteiger partial charge on any atom is -0.372 e. The van der Waals surface area contributed by atoms with Crippen molar-refractivity contribution in [2.24, 2.45) is 0 Å². The van der Waals surface area contributed by atoms with Gasteiger partial charge in [0.2, 0.25) is 0 Å². The highest BCUT2D eigenvalue weighted by Gasteiger charge is 2.38. The summed E-state index contributed by atoms with van der Waals surface area (Å²) in [5.74, 6) is 0. The smallest absolute Gasteiger partial charge is 0.0936 e. The zero-order chi connectivity index (χ0) is 10.3. The molecule has 2 atom stereocenters. The Morgan fingerprint density at radius 2 is 2.14 bits per heavy atom. The third-order valence-corrected chi connectivity index (χ3v) is 3.77. The van der Waals surface area contributed by atoms with Gasteiger partial charge in [-0.25, -0.2) is 0 Å². The highest BCUT2D eigenvalue weighted by atomic mass is 16.6. The number of rotatable bonds is 3. The first kappa shape index (κ1) is 10.4. The van der Waals surface area contributed by atoms with Crippen LogP contribution in [0.3, 0.4) is 0 Å². The van der Waals surface area contributed by atoms with Crippen LogP contribution in [-0.2, 0) is 4.74 Å². The van der Waals surface area contributed by atoms with Crippen LogP contribution < -0.4 is 0 Å². The molecule has 2 unspecified atom stereocenters. The molecule has 0 spiro atoms. The predicted molar refractivity (Wildman–Crippen MR) is 57.5 cm³/mol. The fourth-order valence-electron chi connectivity index (χ4n) is 2.30. The van der Waals surface area contributed by atoms with E-state index in [1.165, 1.54) is 13.0 Å². The molecule has 82 valence electrons. The summed E-state index contributed by atoms with van der Waals surface area (Å²) in [4.78, 5) is 4.92. The van der Waals surface area contributed by atoms with E-state index >= 15 is 0 Å². The van der Waals surface area contributed by atoms with Gasteiger partial charge in [0.15, 0.2) is 0 Å². The van der Waals surface area contributed by atoms with Crippen LogP contribution in [0.15, 0.2) is 0 Å². The van der Waals surface area contributed by atoms with Crippen molar-refractivity contribution in [1.29, 1.82) is 0 Å². The SMILES string of the molecule is CN(CC1CO1)C1CN(C)C(C)(C)C1. The molecule has 14 heavy (non-hydrogen) atoms. The van der Waals surface area contributed by atoms with Crippen molar-refractivity contribution < 1.29 is 4.74 Å². The number of hydrogen-bond acceptors (Lipinski definition) is 3. The van der Waals surface area contributed by atoms with Crippen LogP contribution >= 0.6 is 0 Å². The maximum atomic E-state index is 5.26. The maximum Gasteiger partial charge on any atom is 0.0936 e. The minimum atomic E-state index is 0.364. The van der Waals surface area contributed by atoms with Crippen molar-refractivity contribution in [3.05, 3.63) is 0 Å². The zero-order valence-corrected chi connectivity index (χ0v) is 9.79. The van der Waals surface area contributed by atoms with Crippen molar-refractivity contribution in [2.75, 3.05) is 33.8 Å². The molecule has 0 aliphatic carbocycles. The Labute approximate surface area is 87.0 Å². The minimum absolute atomic E-state index is 0.364. The van der Waals surface area contributed by atoms with Gasteiger partial charge in [0.05, 0.1) is 12.7 Å². The van der Waals surface area contributed by atoms with Crippen LogP contribution in [0.5, 0.6) is 0 Å². The third-order valence-electron chi connectivity index (χ3n) is 3.77. The molecule has 2 aliphatic rings. The van der Waals surface area contributed by atoms with Gasteiger partial charge < -0.3 is 4.74 Å². The van der Waals surface area contributed by atoms with E-state index in [4.69, 9.17) is 4.74 Å². The quantitative estimate of drug-likeness (QED) is 0.625. The van der Waals surface area contributed by atoms with Crippen molar-refractivity contribution in [3.8, 4) is 0 Å². The van der Waals surface area contributed by atoms with E-state index in [9.17, 15) is 0 Å². The first-order valence-electron chi connectivity index (χ1n) is 5.52. The summed E-state index contributed by atoms with van der Waals surface area (Å²) in [5.41, 5.74) is 0.364. The lowest BCUT2D eigenvalue weighted by Crippen LogP contribution is -2.36. The Morgan fingerprint density at radius 1 is 1.50 bits per heavy atom. The van der Waals surface area contributed by atoms with E-state index in [-0.39, 0.29) is 0 Å². The first-order valence-corrected chi connectivity index (χ1v) is 5.52. The Bertz CT molecular complexity index is 213. The number of epoxide rings is 1. The van der Waals surface area contributed by atoms with Crippen LogP contribution in [0.2, 0.25) is 0 Å². The number of hydrogen-bond donors (Lipinski definition) is 0. The van der Waals surface area contributed by atoms with Gasteiger partial charge >= 0.3 is 0 Å². The Morgan fingerprint density at radius 3 is 2.57 bits per heavy atom. The van der Waals surface area contributed by atoms with Crippen LogP contribution in [-0.4, -0.2) is 61.3 Å². The average molecular weight is 198 g/mol. The molecule has 2 saturated heterocycles. The molecule has 0 aromatic carbocycles. The van der Waals surface area contributed by atoms with Crippen LogP contribution in [0, 0.1) is 0 Å². The molecule has 0 aromatic heterocycles. The fourth-order valence-corrected chi connectivity index (χ4v) is 2.30. The Hall–Kier alpha value is -0.120. The predicted octanol–water partition coefficient (Wildman–Crippen LogP) is 0.800. The van der Waals surface area contributed by atoms with Gasteiger partial charge in [0.1, 0.15) is 0 Å². The molecule has 0 aromatic rings. The second-order valence-corrected chi connectivity index (χ2v) is 5.45. The van der Waals surface area contributed by atoms with Crippen LogP contribution in [0.1, 0.15) is 20.3 Å². The van der Waals surface area contributed by atoms with Crippen molar-refractivity contribution in [2.45, 2.75) is 38.0 Å². The molecule has 0 N–H and O–H groups in total. The Kier molecular flexibility index (Phi) is 2.58. The zero-order valence-electron chi connectivity index (χ0n) is 9.79. The second-order valence-electron chi connectivity index (χ2n) is 5.45. The van der Waals surface area contributed by atoms with Gasteiger partial charge in [0.25, 0.3) is 0 Å². The number of likely N-dealkylation sites (tertiary alicyclic amines) is 1. The van der Waals surface area contributed by atoms with Gasteiger partial charge in [-0.3, -0.25) is 9.80 Å². The summed E-state index contributed by atoms with van der Waals surface area (Å²) >= 11 is 0. The molecule has 2 rings (SSSR count). The lowest BCUT2D eigenvalue weighted by Gasteiger charge is -2.26. The molecule has 3 heteroatoms. The van der Waals surface area contributed by atoms with E-state index in [1.54, 1.807) is 0 Å². The standard InChI is InChI=1S/C11H22N2O/c1-11(2)5-9(6-13(11)4)12(3)7-10-8-14-10/h9-10H,5-8H2,1-4H3. The fraction of sp³-hybridized carbons (Fsp3) is 1.00. The third kappa shape index (κ3) is 2.10. The molecular weight excluding hydrogens is 176 g/mol. The lowest BCUT2D eigenvalue weighted by atomic mass is 10.00. The highest BCUT2D eigenvalue weighted by molar-refractivity contribution is 4.95. The van der Waals surface area contributed by atoms with Crippen LogP contribution in [0.25, 0.3) is 0 Å².